The average molecular weight is 476 g/mol. The first kappa shape index (κ1) is 17.5. The number of fused-ring (bicyclic) bond motifs is 1. The maximum atomic E-state index is 13.9. The second-order valence-corrected chi connectivity index (χ2v) is 6.83. The molecule has 0 aliphatic carbocycles. The van der Waals surface area contributed by atoms with E-state index in [1.54, 1.807) is 37.8 Å². The highest BCUT2D eigenvalue weighted by Gasteiger charge is 2.15. The summed E-state index contributed by atoms with van der Waals surface area (Å²) in [6.07, 6.45) is 6.75. The molecule has 4 aromatic rings. The van der Waals surface area contributed by atoms with Crippen LogP contribution in [0.3, 0.4) is 0 Å². The Labute approximate surface area is 167 Å². The third kappa shape index (κ3) is 3.39. The second-order valence-electron chi connectivity index (χ2n) is 5.66. The fourth-order valence-electron chi connectivity index (χ4n) is 2.73. The third-order valence-corrected chi connectivity index (χ3v) is 4.73. The quantitative estimate of drug-likeness (QED) is 0.272. The van der Waals surface area contributed by atoms with Gasteiger partial charge in [0.2, 0.25) is 0 Å². The molecule has 0 saturated carbocycles. The Hall–Kier alpha value is -2.89. The molecule has 0 atom stereocenters. The van der Waals surface area contributed by atoms with Crippen molar-refractivity contribution in [1.82, 2.24) is 29.5 Å². The van der Waals surface area contributed by atoms with Gasteiger partial charge in [-0.15, -0.1) is 5.10 Å². The van der Waals surface area contributed by atoms with Crippen molar-refractivity contribution in [1.29, 1.82) is 0 Å². The Morgan fingerprint density at radius 2 is 2.11 bits per heavy atom. The van der Waals surface area contributed by atoms with Crippen LogP contribution >= 0.6 is 22.6 Å². The number of hydrogen-bond acceptors (Lipinski definition) is 5. The number of benzene rings is 1. The Morgan fingerprint density at radius 3 is 2.93 bits per heavy atom. The van der Waals surface area contributed by atoms with Crippen molar-refractivity contribution in [3.05, 3.63) is 58.1 Å². The summed E-state index contributed by atoms with van der Waals surface area (Å²) in [6, 6.07) is 6.44. The lowest BCUT2D eigenvalue weighted by Gasteiger charge is -2.04. The topological polar surface area (TPSA) is 85.8 Å². The molecule has 0 fully saturated rings. The van der Waals surface area contributed by atoms with Crippen molar-refractivity contribution in [3.8, 4) is 5.69 Å². The van der Waals surface area contributed by atoms with Crippen molar-refractivity contribution in [2.45, 2.75) is 6.54 Å². The first-order chi connectivity index (χ1) is 13.2. The highest BCUT2D eigenvalue weighted by molar-refractivity contribution is 14.1. The molecule has 27 heavy (non-hydrogen) atoms. The summed E-state index contributed by atoms with van der Waals surface area (Å²) in [4.78, 5) is 12.6. The Bertz CT molecular complexity index is 1130. The van der Waals surface area contributed by atoms with Crippen molar-refractivity contribution < 1.29 is 4.39 Å². The molecule has 0 aliphatic heterocycles. The first-order valence-electron chi connectivity index (χ1n) is 8.00. The van der Waals surface area contributed by atoms with Gasteiger partial charge in [0.05, 0.1) is 24.5 Å². The van der Waals surface area contributed by atoms with Crippen LogP contribution in [0.15, 0.2) is 48.0 Å². The summed E-state index contributed by atoms with van der Waals surface area (Å²) in [5.41, 5.74) is 1.81. The lowest BCUT2D eigenvalue weighted by molar-refractivity contribution is 0.607. The van der Waals surface area contributed by atoms with Gasteiger partial charge in [-0.3, -0.25) is 4.99 Å². The zero-order valence-electron chi connectivity index (χ0n) is 14.2. The minimum absolute atomic E-state index is 0.351. The molecule has 1 aromatic carbocycles. The van der Waals surface area contributed by atoms with Crippen LogP contribution in [0.2, 0.25) is 0 Å². The summed E-state index contributed by atoms with van der Waals surface area (Å²) in [5, 5.41) is 12.2. The van der Waals surface area contributed by atoms with Gasteiger partial charge in [-0.25, -0.2) is 19.0 Å². The van der Waals surface area contributed by atoms with E-state index in [2.05, 4.69) is 53.2 Å². The molecule has 0 radical (unpaired) electrons. The van der Waals surface area contributed by atoms with E-state index in [4.69, 9.17) is 0 Å². The maximum absolute atomic E-state index is 13.9. The van der Waals surface area contributed by atoms with Gasteiger partial charge in [0.1, 0.15) is 35.0 Å². The molecule has 0 bridgehead atoms. The largest absolute Gasteiger partial charge is 0.331 e. The summed E-state index contributed by atoms with van der Waals surface area (Å²) >= 11 is 2.24. The number of halogens is 2. The molecule has 3 aromatic heterocycles. The summed E-state index contributed by atoms with van der Waals surface area (Å²) in [6.45, 7) is 0.451. The highest BCUT2D eigenvalue weighted by atomic mass is 127. The van der Waals surface area contributed by atoms with Crippen LogP contribution in [0.5, 0.6) is 0 Å². The normalized spacial score (nSPS) is 11.5. The van der Waals surface area contributed by atoms with E-state index in [1.165, 1.54) is 17.1 Å². The number of para-hydroxylation sites is 1. The van der Waals surface area contributed by atoms with E-state index in [0.717, 1.165) is 14.6 Å². The first-order valence-corrected chi connectivity index (χ1v) is 9.08. The van der Waals surface area contributed by atoms with Gasteiger partial charge in [0.15, 0.2) is 0 Å². The molecule has 0 unspecified atom stereocenters. The standard InChI is InChI=1S/C17H14FIN8/c1-20-9-21-16-15-13(19)8-26(17(15)23-10-22-16)6-11-7-27(25-24-11)14-5-3-2-4-12(14)18/h2-5,7-10H,6H2,1H3,(H,20,21,22,23). The monoisotopic (exact) mass is 476 g/mol. The Kier molecular flexibility index (Phi) is 4.79. The fraction of sp³-hybridized carbons (Fsp3) is 0.118. The van der Waals surface area contributed by atoms with Crippen molar-refractivity contribution in [2.24, 2.45) is 4.99 Å². The number of anilines is 1. The van der Waals surface area contributed by atoms with Crippen LogP contribution in [0.4, 0.5) is 10.2 Å². The zero-order valence-corrected chi connectivity index (χ0v) is 16.4. The van der Waals surface area contributed by atoms with Gasteiger partial charge in [0, 0.05) is 16.8 Å². The second kappa shape index (κ2) is 7.39. The van der Waals surface area contributed by atoms with E-state index >= 15 is 0 Å². The third-order valence-electron chi connectivity index (χ3n) is 3.91. The summed E-state index contributed by atoms with van der Waals surface area (Å²) in [5.74, 6) is 0.333. The Morgan fingerprint density at radius 1 is 1.26 bits per heavy atom. The van der Waals surface area contributed by atoms with E-state index in [9.17, 15) is 4.39 Å². The van der Waals surface area contributed by atoms with Gasteiger partial charge in [-0.2, -0.15) is 0 Å². The molecule has 0 spiro atoms. The minimum atomic E-state index is -0.351. The molecule has 10 heteroatoms. The SMILES string of the molecule is CN=CNc1ncnc2c1c(I)cn2Cc1cn(-c2ccccc2F)nn1. The van der Waals surface area contributed by atoms with E-state index in [1.807, 2.05) is 10.8 Å². The zero-order chi connectivity index (χ0) is 18.8. The lowest BCUT2D eigenvalue weighted by Crippen LogP contribution is -2.02. The van der Waals surface area contributed by atoms with Gasteiger partial charge >= 0.3 is 0 Å². The Balaban J connectivity index is 1.68. The van der Waals surface area contributed by atoms with Crippen LogP contribution in [-0.4, -0.2) is 42.9 Å². The van der Waals surface area contributed by atoms with E-state index in [0.29, 0.717) is 23.7 Å². The van der Waals surface area contributed by atoms with Gasteiger partial charge in [-0.05, 0) is 34.7 Å². The molecule has 4 rings (SSSR count). The van der Waals surface area contributed by atoms with Crippen molar-refractivity contribution >= 4 is 45.8 Å². The van der Waals surface area contributed by atoms with Crippen LogP contribution < -0.4 is 5.32 Å². The molecule has 1 N–H and O–H groups in total. The molecule has 0 aliphatic rings. The molecule has 136 valence electrons. The lowest BCUT2D eigenvalue weighted by atomic mass is 10.3. The predicted octanol–water partition coefficient (Wildman–Crippen LogP) is 2.87. The number of rotatable bonds is 5. The van der Waals surface area contributed by atoms with E-state index < -0.39 is 0 Å². The van der Waals surface area contributed by atoms with Crippen LogP contribution in [0.25, 0.3) is 16.7 Å². The fourth-order valence-corrected chi connectivity index (χ4v) is 3.57. The number of aliphatic imine (C=N–C) groups is 1. The number of nitrogens with zero attached hydrogens (tertiary/aromatic N) is 7. The summed E-state index contributed by atoms with van der Waals surface area (Å²) < 4.78 is 18.3. The maximum Gasteiger partial charge on any atom is 0.148 e. The molecular formula is C17H14FIN8. The highest BCUT2D eigenvalue weighted by Crippen LogP contribution is 2.27. The number of nitrogens with one attached hydrogen (secondary N) is 1. The minimum Gasteiger partial charge on any atom is -0.331 e. The van der Waals surface area contributed by atoms with Crippen LogP contribution in [0, 0.1) is 9.39 Å². The van der Waals surface area contributed by atoms with Crippen molar-refractivity contribution in [2.75, 3.05) is 12.4 Å². The molecule has 3 heterocycles. The molecule has 0 amide bonds. The van der Waals surface area contributed by atoms with E-state index in [-0.39, 0.29) is 5.82 Å². The number of hydrogen-bond donors (Lipinski definition) is 1. The van der Waals surface area contributed by atoms with Gasteiger partial charge in [0.25, 0.3) is 0 Å². The number of aromatic nitrogens is 6. The average Bonchev–Trinajstić information content (AvgIpc) is 3.26. The smallest absolute Gasteiger partial charge is 0.148 e. The van der Waals surface area contributed by atoms with Gasteiger partial charge in [-0.1, -0.05) is 17.3 Å². The molecule has 8 nitrogen and oxygen atoms in total. The van der Waals surface area contributed by atoms with Crippen LogP contribution in [-0.2, 0) is 6.54 Å². The van der Waals surface area contributed by atoms with Gasteiger partial charge < -0.3 is 9.88 Å². The van der Waals surface area contributed by atoms with Crippen molar-refractivity contribution in [3.63, 3.8) is 0 Å². The summed E-state index contributed by atoms with van der Waals surface area (Å²) in [7, 11) is 1.68. The molecular weight excluding hydrogens is 462 g/mol. The predicted molar refractivity (Wildman–Crippen MR) is 109 cm³/mol. The molecule has 0 saturated heterocycles. The van der Waals surface area contributed by atoms with Crippen LogP contribution in [0.1, 0.15) is 5.69 Å².